The maximum atomic E-state index is 5.95. The first-order chi connectivity index (χ1) is 5.31. The molecule has 0 aromatic carbocycles. The van der Waals surface area contributed by atoms with Crippen LogP contribution in [0.4, 0.5) is 0 Å². The summed E-state index contributed by atoms with van der Waals surface area (Å²) in [5.41, 5.74) is 10.9. The highest BCUT2D eigenvalue weighted by atomic mass is 28.4. The second-order valence-corrected chi connectivity index (χ2v) is 11.6. The predicted octanol–water partition coefficient (Wildman–Crippen LogP) is 0.825. The van der Waals surface area contributed by atoms with E-state index in [2.05, 4.69) is 26.2 Å². The summed E-state index contributed by atoms with van der Waals surface area (Å²) >= 11 is 0. The van der Waals surface area contributed by atoms with Gasteiger partial charge in [0.1, 0.15) is 0 Å². The van der Waals surface area contributed by atoms with Crippen LogP contribution in [-0.4, -0.2) is 23.5 Å². The average molecular weight is 206 g/mol. The lowest BCUT2D eigenvalue weighted by molar-refractivity contribution is 0.559. The molecule has 0 fully saturated rings. The quantitative estimate of drug-likeness (QED) is 0.517. The maximum Gasteiger partial charge on any atom is 0.170 e. The molecule has 3 nitrogen and oxygen atoms in total. The van der Waals surface area contributed by atoms with E-state index in [1.807, 2.05) is 0 Å². The summed E-state index contributed by atoms with van der Waals surface area (Å²) < 4.78 is 5.95. The Balaban J connectivity index is 3.53. The zero-order valence-corrected chi connectivity index (χ0v) is 10.8. The van der Waals surface area contributed by atoms with Crippen LogP contribution in [-0.2, 0) is 4.12 Å². The van der Waals surface area contributed by atoms with Crippen molar-refractivity contribution >= 4 is 17.4 Å². The molecule has 0 heterocycles. The Hall–Kier alpha value is 0.314. The van der Waals surface area contributed by atoms with Gasteiger partial charge in [-0.15, -0.1) is 0 Å². The molecule has 0 aromatic rings. The third kappa shape index (κ3) is 8.41. The van der Waals surface area contributed by atoms with E-state index in [0.29, 0.717) is 0 Å². The third-order valence-corrected chi connectivity index (χ3v) is 7.05. The molecule has 5 heteroatoms. The third-order valence-electron chi connectivity index (χ3n) is 1.46. The van der Waals surface area contributed by atoms with E-state index in [4.69, 9.17) is 15.6 Å². The van der Waals surface area contributed by atoms with Gasteiger partial charge in [0.05, 0.1) is 6.17 Å². The SMILES string of the molecule is C[SiH](CCC(N)N)O[Si](C)(C)C. The van der Waals surface area contributed by atoms with Gasteiger partial charge in [-0.3, -0.25) is 0 Å². The molecule has 0 amide bonds. The molecule has 1 atom stereocenters. The van der Waals surface area contributed by atoms with E-state index in [1.54, 1.807) is 0 Å². The van der Waals surface area contributed by atoms with Crippen LogP contribution < -0.4 is 11.5 Å². The topological polar surface area (TPSA) is 61.3 Å². The van der Waals surface area contributed by atoms with Crippen LogP contribution in [0.5, 0.6) is 0 Å². The highest BCUT2D eigenvalue weighted by Crippen LogP contribution is 2.09. The molecule has 0 rings (SSSR count). The van der Waals surface area contributed by atoms with Crippen molar-refractivity contribution in [3.05, 3.63) is 0 Å². The van der Waals surface area contributed by atoms with Crippen LogP contribution in [0, 0.1) is 0 Å². The fourth-order valence-electron chi connectivity index (χ4n) is 1.09. The molecule has 74 valence electrons. The first kappa shape index (κ1) is 12.3. The van der Waals surface area contributed by atoms with Gasteiger partial charge in [-0.1, -0.05) is 0 Å². The van der Waals surface area contributed by atoms with Crippen molar-refractivity contribution in [1.82, 2.24) is 0 Å². The van der Waals surface area contributed by atoms with Crippen LogP contribution >= 0.6 is 0 Å². The molecule has 1 unspecified atom stereocenters. The van der Waals surface area contributed by atoms with Gasteiger partial charge in [0, 0.05) is 0 Å². The Morgan fingerprint density at radius 3 is 2.17 bits per heavy atom. The Kier molecular flexibility index (Phi) is 5.27. The molecular weight excluding hydrogens is 184 g/mol. The minimum Gasteiger partial charge on any atom is -0.458 e. The minimum atomic E-state index is -1.31. The largest absolute Gasteiger partial charge is 0.458 e. The Morgan fingerprint density at radius 1 is 1.33 bits per heavy atom. The van der Waals surface area contributed by atoms with Gasteiger partial charge in [0.15, 0.2) is 17.4 Å². The van der Waals surface area contributed by atoms with E-state index in [-0.39, 0.29) is 6.17 Å². The second-order valence-electron chi connectivity index (χ2n) is 4.28. The van der Waals surface area contributed by atoms with Gasteiger partial charge in [0.25, 0.3) is 0 Å². The van der Waals surface area contributed by atoms with Crippen molar-refractivity contribution in [2.24, 2.45) is 11.5 Å². The van der Waals surface area contributed by atoms with Gasteiger partial charge in [0.2, 0.25) is 0 Å². The van der Waals surface area contributed by atoms with Gasteiger partial charge in [-0.2, -0.15) is 0 Å². The summed E-state index contributed by atoms with van der Waals surface area (Å²) in [5.74, 6) is 0. The summed E-state index contributed by atoms with van der Waals surface area (Å²) in [6.45, 7) is 8.89. The van der Waals surface area contributed by atoms with Gasteiger partial charge in [-0.25, -0.2) is 0 Å². The van der Waals surface area contributed by atoms with Crippen molar-refractivity contribution in [3.8, 4) is 0 Å². The van der Waals surface area contributed by atoms with E-state index >= 15 is 0 Å². The van der Waals surface area contributed by atoms with Crippen LogP contribution in [0.25, 0.3) is 0 Å². The summed E-state index contributed by atoms with van der Waals surface area (Å²) in [6.07, 6.45) is 0.739. The number of rotatable bonds is 5. The minimum absolute atomic E-state index is 0.162. The molecule has 4 N–H and O–H groups in total. The fourth-order valence-corrected chi connectivity index (χ4v) is 7.24. The lowest BCUT2D eigenvalue weighted by atomic mass is 10.4. The lowest BCUT2D eigenvalue weighted by Gasteiger charge is -2.23. The van der Waals surface area contributed by atoms with Crippen molar-refractivity contribution in [2.75, 3.05) is 0 Å². The van der Waals surface area contributed by atoms with Gasteiger partial charge >= 0.3 is 0 Å². The average Bonchev–Trinajstić information content (AvgIpc) is 1.79. The second kappa shape index (κ2) is 5.13. The summed E-state index contributed by atoms with van der Waals surface area (Å²) in [7, 11) is -2.29. The zero-order chi connectivity index (χ0) is 9.78. The van der Waals surface area contributed by atoms with E-state index in [0.717, 1.165) is 12.5 Å². The first-order valence-electron chi connectivity index (χ1n) is 4.50. The highest BCUT2D eigenvalue weighted by Gasteiger charge is 2.18. The van der Waals surface area contributed by atoms with Crippen LogP contribution in [0.1, 0.15) is 6.42 Å². The summed E-state index contributed by atoms with van der Waals surface area (Å²) in [4.78, 5) is 0. The smallest absolute Gasteiger partial charge is 0.170 e. The van der Waals surface area contributed by atoms with Crippen molar-refractivity contribution < 1.29 is 4.12 Å². The van der Waals surface area contributed by atoms with Crippen molar-refractivity contribution in [1.29, 1.82) is 0 Å². The Morgan fingerprint density at radius 2 is 1.83 bits per heavy atom. The van der Waals surface area contributed by atoms with E-state index in [1.165, 1.54) is 0 Å². The number of nitrogens with two attached hydrogens (primary N) is 2. The summed E-state index contributed by atoms with van der Waals surface area (Å²) in [5, 5.41) is 0. The predicted molar refractivity (Wildman–Crippen MR) is 59.0 cm³/mol. The maximum absolute atomic E-state index is 5.95. The molecule has 0 aliphatic heterocycles. The van der Waals surface area contributed by atoms with E-state index in [9.17, 15) is 0 Å². The molecule has 0 saturated heterocycles. The zero-order valence-electron chi connectivity index (χ0n) is 8.63. The molecule has 0 spiro atoms. The van der Waals surface area contributed by atoms with Crippen LogP contribution in [0.2, 0.25) is 32.2 Å². The summed E-state index contributed by atoms with van der Waals surface area (Å²) in [6, 6.07) is 1.10. The lowest BCUT2D eigenvalue weighted by Crippen LogP contribution is -2.36. The molecular formula is C7H22N2OSi2. The van der Waals surface area contributed by atoms with Crippen LogP contribution in [0.15, 0.2) is 0 Å². The molecule has 12 heavy (non-hydrogen) atoms. The molecule has 0 bridgehead atoms. The Labute approximate surface area is 78.3 Å². The number of hydrogen-bond acceptors (Lipinski definition) is 3. The molecule has 0 aromatic heterocycles. The van der Waals surface area contributed by atoms with Crippen LogP contribution in [0.3, 0.4) is 0 Å². The first-order valence-corrected chi connectivity index (χ1v) is 10.4. The van der Waals surface area contributed by atoms with E-state index < -0.39 is 17.4 Å². The highest BCUT2D eigenvalue weighted by molar-refractivity contribution is 6.77. The fraction of sp³-hybridized carbons (Fsp3) is 1.00. The van der Waals surface area contributed by atoms with Gasteiger partial charge < -0.3 is 15.6 Å². The molecule has 0 aliphatic carbocycles. The normalized spacial score (nSPS) is 15.2. The number of hydrogen-bond donors (Lipinski definition) is 2. The Bertz CT molecular complexity index is 125. The molecule has 0 radical (unpaired) electrons. The van der Waals surface area contributed by atoms with Gasteiger partial charge in [-0.05, 0) is 38.7 Å². The molecule has 0 aliphatic rings. The standard InChI is InChI=1S/C7H22N2OSi2/c1-11(6-5-7(8)9)10-12(2,3)4/h7,11H,5-6,8-9H2,1-4H3. The molecule has 0 saturated carbocycles. The van der Waals surface area contributed by atoms with Crippen molar-refractivity contribution in [3.63, 3.8) is 0 Å². The van der Waals surface area contributed by atoms with Crippen molar-refractivity contribution in [2.45, 2.75) is 44.8 Å². The monoisotopic (exact) mass is 206 g/mol.